The van der Waals surface area contributed by atoms with Crippen LogP contribution in [0.25, 0.3) is 0 Å². The molecule has 2 atom stereocenters. The van der Waals surface area contributed by atoms with Crippen molar-refractivity contribution >= 4 is 0 Å². The lowest BCUT2D eigenvalue weighted by molar-refractivity contribution is 0.205. The summed E-state index contributed by atoms with van der Waals surface area (Å²) in [5.41, 5.74) is 6.12. The van der Waals surface area contributed by atoms with E-state index in [-0.39, 0.29) is 0 Å². The average molecular weight is 182 g/mol. The van der Waals surface area contributed by atoms with E-state index in [0.29, 0.717) is 6.04 Å². The maximum Gasteiger partial charge on any atom is 0.00934 e. The van der Waals surface area contributed by atoms with Crippen molar-refractivity contribution in [3.05, 3.63) is 0 Å². The largest absolute Gasteiger partial charge is 0.327 e. The molecule has 0 aromatic rings. The quantitative estimate of drug-likeness (QED) is 0.718. The molecule has 0 radical (unpaired) electrons. The number of nitrogens with zero attached hydrogens (tertiary/aromatic N) is 1. The standard InChI is InChI=1S/C11H22N2/c1-13(10-6-7-10)8-9-4-2-3-5-11(9)12/h9-11H,2-8,12H2,1H3. The van der Waals surface area contributed by atoms with E-state index < -0.39 is 0 Å². The summed E-state index contributed by atoms with van der Waals surface area (Å²) in [6, 6.07) is 1.38. The highest BCUT2D eigenvalue weighted by Crippen LogP contribution is 2.29. The van der Waals surface area contributed by atoms with Crippen LogP contribution in [0.5, 0.6) is 0 Å². The molecule has 0 saturated heterocycles. The molecule has 2 nitrogen and oxygen atoms in total. The third kappa shape index (κ3) is 2.44. The second kappa shape index (κ2) is 3.97. The van der Waals surface area contributed by atoms with Gasteiger partial charge in [-0.05, 0) is 38.6 Å². The Morgan fingerprint density at radius 2 is 1.85 bits per heavy atom. The van der Waals surface area contributed by atoms with E-state index in [9.17, 15) is 0 Å². The van der Waals surface area contributed by atoms with Gasteiger partial charge in [0.1, 0.15) is 0 Å². The molecule has 2 saturated carbocycles. The smallest absolute Gasteiger partial charge is 0.00934 e. The van der Waals surface area contributed by atoms with Gasteiger partial charge in [-0.25, -0.2) is 0 Å². The predicted octanol–water partition coefficient (Wildman–Crippen LogP) is 1.60. The minimum atomic E-state index is 0.481. The van der Waals surface area contributed by atoms with Gasteiger partial charge in [0, 0.05) is 18.6 Å². The van der Waals surface area contributed by atoms with Gasteiger partial charge in [-0.3, -0.25) is 0 Å². The molecule has 76 valence electrons. The fourth-order valence-corrected chi connectivity index (χ4v) is 2.50. The van der Waals surface area contributed by atoms with Crippen LogP contribution in [0.4, 0.5) is 0 Å². The van der Waals surface area contributed by atoms with Crippen molar-refractivity contribution in [1.29, 1.82) is 0 Å². The molecule has 0 spiro atoms. The van der Waals surface area contributed by atoms with Crippen molar-refractivity contribution in [2.45, 2.75) is 50.6 Å². The highest BCUT2D eigenvalue weighted by atomic mass is 15.2. The summed E-state index contributed by atoms with van der Waals surface area (Å²) in [5.74, 6) is 0.777. The third-order valence-electron chi connectivity index (χ3n) is 3.66. The molecule has 0 aromatic heterocycles. The molecule has 0 amide bonds. The van der Waals surface area contributed by atoms with Crippen molar-refractivity contribution in [3.63, 3.8) is 0 Å². The van der Waals surface area contributed by atoms with E-state index in [1.165, 1.54) is 45.1 Å². The van der Waals surface area contributed by atoms with Crippen LogP contribution in [0.15, 0.2) is 0 Å². The fraction of sp³-hybridized carbons (Fsp3) is 1.00. The van der Waals surface area contributed by atoms with Gasteiger partial charge in [-0.15, -0.1) is 0 Å². The molecule has 2 aliphatic carbocycles. The maximum atomic E-state index is 6.12. The van der Waals surface area contributed by atoms with Crippen LogP contribution >= 0.6 is 0 Å². The van der Waals surface area contributed by atoms with E-state index in [1.807, 2.05) is 0 Å². The van der Waals surface area contributed by atoms with Gasteiger partial charge in [0.05, 0.1) is 0 Å². The summed E-state index contributed by atoms with van der Waals surface area (Å²) in [5, 5.41) is 0. The zero-order chi connectivity index (χ0) is 9.26. The molecule has 0 heterocycles. The number of hydrogen-bond acceptors (Lipinski definition) is 2. The summed E-state index contributed by atoms with van der Waals surface area (Å²) in [6.07, 6.45) is 8.19. The molecule has 2 unspecified atom stereocenters. The zero-order valence-electron chi connectivity index (χ0n) is 8.71. The molecule has 13 heavy (non-hydrogen) atoms. The summed E-state index contributed by atoms with van der Waals surface area (Å²) in [6.45, 7) is 1.24. The van der Waals surface area contributed by atoms with Gasteiger partial charge >= 0.3 is 0 Å². The van der Waals surface area contributed by atoms with Crippen molar-refractivity contribution in [1.82, 2.24) is 4.90 Å². The molecule has 0 aromatic carbocycles. The maximum absolute atomic E-state index is 6.12. The monoisotopic (exact) mass is 182 g/mol. The Balaban J connectivity index is 1.77. The lowest BCUT2D eigenvalue weighted by atomic mass is 9.85. The molecule has 0 bridgehead atoms. The fourth-order valence-electron chi connectivity index (χ4n) is 2.50. The lowest BCUT2D eigenvalue weighted by Crippen LogP contribution is -2.40. The van der Waals surface area contributed by atoms with Crippen molar-refractivity contribution in [2.75, 3.05) is 13.6 Å². The number of nitrogens with two attached hydrogens (primary N) is 1. The second-order valence-electron chi connectivity index (χ2n) is 4.88. The highest BCUT2D eigenvalue weighted by molar-refractivity contribution is 4.86. The van der Waals surface area contributed by atoms with Gasteiger partial charge in [-0.1, -0.05) is 12.8 Å². The molecule has 2 rings (SSSR count). The molecule has 2 heteroatoms. The first-order valence-electron chi connectivity index (χ1n) is 5.73. The first-order chi connectivity index (χ1) is 6.27. The summed E-state index contributed by atoms with van der Waals surface area (Å²) in [4.78, 5) is 2.52. The highest BCUT2D eigenvalue weighted by Gasteiger charge is 2.30. The average Bonchev–Trinajstić information content (AvgIpc) is 2.91. The Morgan fingerprint density at radius 3 is 2.46 bits per heavy atom. The van der Waals surface area contributed by atoms with Gasteiger partial charge in [0.15, 0.2) is 0 Å². The molecule has 2 aliphatic rings. The van der Waals surface area contributed by atoms with Crippen molar-refractivity contribution < 1.29 is 0 Å². The van der Waals surface area contributed by atoms with E-state index in [0.717, 1.165) is 12.0 Å². The van der Waals surface area contributed by atoms with Crippen LogP contribution < -0.4 is 5.73 Å². The van der Waals surface area contributed by atoms with Gasteiger partial charge in [0.25, 0.3) is 0 Å². The topological polar surface area (TPSA) is 29.3 Å². The Labute approximate surface area is 81.5 Å². The van der Waals surface area contributed by atoms with Gasteiger partial charge < -0.3 is 10.6 Å². The molecule has 2 fully saturated rings. The second-order valence-corrected chi connectivity index (χ2v) is 4.88. The first kappa shape index (κ1) is 9.47. The van der Waals surface area contributed by atoms with Crippen molar-refractivity contribution in [2.24, 2.45) is 11.7 Å². The summed E-state index contributed by atoms with van der Waals surface area (Å²) in [7, 11) is 2.26. The normalized spacial score (nSPS) is 35.3. The summed E-state index contributed by atoms with van der Waals surface area (Å²) >= 11 is 0. The molecule has 2 N–H and O–H groups in total. The van der Waals surface area contributed by atoms with Crippen LogP contribution in [0.1, 0.15) is 38.5 Å². The van der Waals surface area contributed by atoms with E-state index in [4.69, 9.17) is 5.73 Å². The zero-order valence-corrected chi connectivity index (χ0v) is 8.71. The molecular formula is C11H22N2. The number of rotatable bonds is 3. The Hall–Kier alpha value is -0.0800. The van der Waals surface area contributed by atoms with Crippen LogP contribution in [-0.4, -0.2) is 30.6 Å². The Morgan fingerprint density at radius 1 is 1.15 bits per heavy atom. The minimum absolute atomic E-state index is 0.481. The Kier molecular flexibility index (Phi) is 2.89. The van der Waals surface area contributed by atoms with Crippen LogP contribution in [-0.2, 0) is 0 Å². The Bertz CT molecular complexity index is 165. The summed E-state index contributed by atoms with van der Waals surface area (Å²) < 4.78 is 0. The SMILES string of the molecule is CN(CC1CCCCC1N)C1CC1. The van der Waals surface area contributed by atoms with Crippen molar-refractivity contribution in [3.8, 4) is 0 Å². The first-order valence-corrected chi connectivity index (χ1v) is 5.73. The predicted molar refractivity (Wildman–Crippen MR) is 55.6 cm³/mol. The van der Waals surface area contributed by atoms with Crippen LogP contribution in [0.2, 0.25) is 0 Å². The van der Waals surface area contributed by atoms with E-state index in [1.54, 1.807) is 0 Å². The number of hydrogen-bond donors (Lipinski definition) is 1. The van der Waals surface area contributed by atoms with Gasteiger partial charge in [-0.2, -0.15) is 0 Å². The van der Waals surface area contributed by atoms with E-state index in [2.05, 4.69) is 11.9 Å². The van der Waals surface area contributed by atoms with Crippen LogP contribution in [0.3, 0.4) is 0 Å². The third-order valence-corrected chi connectivity index (χ3v) is 3.66. The molecular weight excluding hydrogens is 160 g/mol. The minimum Gasteiger partial charge on any atom is -0.327 e. The van der Waals surface area contributed by atoms with Gasteiger partial charge in [0.2, 0.25) is 0 Å². The lowest BCUT2D eigenvalue weighted by Gasteiger charge is -2.32. The van der Waals surface area contributed by atoms with Crippen LogP contribution in [0, 0.1) is 5.92 Å². The molecule has 0 aliphatic heterocycles. The van der Waals surface area contributed by atoms with E-state index >= 15 is 0 Å².